The van der Waals surface area contributed by atoms with Gasteiger partial charge in [-0.1, -0.05) is 29.8 Å². The molecule has 2 aromatic rings. The van der Waals surface area contributed by atoms with Crippen LogP contribution >= 0.6 is 0 Å². The predicted molar refractivity (Wildman–Crippen MR) is 80.6 cm³/mol. The van der Waals surface area contributed by atoms with E-state index in [1.54, 1.807) is 48.5 Å². The van der Waals surface area contributed by atoms with Crippen LogP contribution in [-0.4, -0.2) is 17.5 Å². The van der Waals surface area contributed by atoms with Crippen molar-refractivity contribution in [1.29, 1.82) is 0 Å². The van der Waals surface area contributed by atoms with Gasteiger partial charge in [0, 0.05) is 16.8 Å². The number of rotatable bonds is 4. The summed E-state index contributed by atoms with van der Waals surface area (Å²) in [5, 5.41) is 2.52. The van der Waals surface area contributed by atoms with Gasteiger partial charge in [0.1, 0.15) is 0 Å². The van der Waals surface area contributed by atoms with E-state index in [2.05, 4.69) is 5.32 Å². The molecule has 0 saturated heterocycles. The fraction of sp³-hybridized carbons (Fsp3) is 0.118. The lowest BCUT2D eigenvalue weighted by atomic mass is 10.1. The maximum Gasteiger partial charge on any atom is 0.296 e. The molecule has 1 amide bonds. The molecule has 21 heavy (non-hydrogen) atoms. The largest absolute Gasteiger partial charge is 0.319 e. The van der Waals surface area contributed by atoms with Crippen LogP contribution in [0.3, 0.4) is 0 Å². The molecule has 0 saturated carbocycles. The molecular weight excluding hydrogens is 266 g/mol. The number of Topliss-reactive ketones (excluding diaryl/α,β-unsaturated/α-hetero) is 2. The first-order chi connectivity index (χ1) is 9.97. The number of anilines is 1. The van der Waals surface area contributed by atoms with Gasteiger partial charge in [-0.25, -0.2) is 0 Å². The molecule has 4 heteroatoms. The van der Waals surface area contributed by atoms with Crippen molar-refractivity contribution in [3.05, 3.63) is 65.2 Å². The second-order valence-electron chi connectivity index (χ2n) is 4.78. The van der Waals surface area contributed by atoms with Crippen molar-refractivity contribution in [3.8, 4) is 0 Å². The highest BCUT2D eigenvalue weighted by Crippen LogP contribution is 2.11. The summed E-state index contributed by atoms with van der Waals surface area (Å²) in [6, 6.07) is 13.2. The number of hydrogen-bond donors (Lipinski definition) is 1. The van der Waals surface area contributed by atoms with Crippen molar-refractivity contribution in [2.45, 2.75) is 13.8 Å². The first kappa shape index (κ1) is 14.7. The van der Waals surface area contributed by atoms with Crippen LogP contribution < -0.4 is 5.32 Å². The standard InChI is InChI=1S/C17H15NO3/c1-11-3-5-14(6-4-11)16(20)17(21)18-15-9-7-13(8-10-15)12(2)19/h3-10H,1-2H3,(H,18,21). The average Bonchev–Trinajstić information content (AvgIpc) is 2.47. The Kier molecular flexibility index (Phi) is 4.28. The van der Waals surface area contributed by atoms with Gasteiger partial charge in [0.2, 0.25) is 0 Å². The summed E-state index contributed by atoms with van der Waals surface area (Å²) in [7, 11) is 0. The van der Waals surface area contributed by atoms with Gasteiger partial charge in [0.05, 0.1) is 0 Å². The van der Waals surface area contributed by atoms with E-state index in [-0.39, 0.29) is 5.78 Å². The number of hydrogen-bond acceptors (Lipinski definition) is 3. The van der Waals surface area contributed by atoms with Crippen LogP contribution in [0.4, 0.5) is 5.69 Å². The maximum absolute atomic E-state index is 12.0. The van der Waals surface area contributed by atoms with Gasteiger partial charge in [0.15, 0.2) is 5.78 Å². The Balaban J connectivity index is 2.08. The molecule has 2 rings (SSSR count). The van der Waals surface area contributed by atoms with Gasteiger partial charge in [-0.05, 0) is 38.1 Å². The SMILES string of the molecule is CC(=O)c1ccc(NC(=O)C(=O)c2ccc(C)cc2)cc1. The number of carbonyl (C=O) groups is 3. The highest BCUT2D eigenvalue weighted by atomic mass is 16.2. The van der Waals surface area contributed by atoms with Crippen molar-refractivity contribution in [3.63, 3.8) is 0 Å². The third kappa shape index (κ3) is 3.63. The Morgan fingerprint density at radius 3 is 1.86 bits per heavy atom. The molecular formula is C17H15NO3. The topological polar surface area (TPSA) is 63.2 Å². The minimum atomic E-state index is -0.700. The Labute approximate surface area is 122 Å². The number of ketones is 2. The lowest BCUT2D eigenvalue weighted by Gasteiger charge is -2.05. The van der Waals surface area contributed by atoms with Crippen molar-refractivity contribution in [2.75, 3.05) is 5.32 Å². The van der Waals surface area contributed by atoms with Gasteiger partial charge < -0.3 is 5.32 Å². The Morgan fingerprint density at radius 1 is 0.810 bits per heavy atom. The third-order valence-corrected chi connectivity index (χ3v) is 3.07. The highest BCUT2D eigenvalue weighted by molar-refractivity contribution is 6.46. The molecule has 0 unspecified atom stereocenters. The molecule has 0 aliphatic heterocycles. The van der Waals surface area contributed by atoms with Gasteiger partial charge in [-0.2, -0.15) is 0 Å². The molecule has 0 aromatic heterocycles. The second-order valence-corrected chi connectivity index (χ2v) is 4.78. The van der Waals surface area contributed by atoms with E-state index in [4.69, 9.17) is 0 Å². The molecule has 0 atom stereocenters. The average molecular weight is 281 g/mol. The van der Waals surface area contributed by atoms with E-state index in [0.29, 0.717) is 16.8 Å². The zero-order chi connectivity index (χ0) is 15.4. The van der Waals surface area contributed by atoms with Crippen LogP contribution in [-0.2, 0) is 4.79 Å². The van der Waals surface area contributed by atoms with Crippen LogP contribution in [0.1, 0.15) is 33.2 Å². The zero-order valence-corrected chi connectivity index (χ0v) is 11.8. The van der Waals surface area contributed by atoms with Crippen LogP contribution in [0.5, 0.6) is 0 Å². The summed E-state index contributed by atoms with van der Waals surface area (Å²) < 4.78 is 0. The molecule has 0 aliphatic carbocycles. The molecule has 0 spiro atoms. The van der Waals surface area contributed by atoms with E-state index in [0.717, 1.165) is 5.56 Å². The minimum absolute atomic E-state index is 0.0522. The summed E-state index contributed by atoms with van der Waals surface area (Å²) in [4.78, 5) is 35.0. The first-order valence-corrected chi connectivity index (χ1v) is 6.51. The Hall–Kier alpha value is -2.75. The van der Waals surface area contributed by atoms with Crippen LogP contribution in [0.15, 0.2) is 48.5 Å². The van der Waals surface area contributed by atoms with Crippen molar-refractivity contribution in [1.82, 2.24) is 0 Å². The quantitative estimate of drug-likeness (QED) is 0.692. The molecule has 2 aromatic carbocycles. The predicted octanol–water partition coefficient (Wildman–Crippen LogP) is 3.02. The molecule has 1 N–H and O–H groups in total. The van der Waals surface area contributed by atoms with Gasteiger partial charge >= 0.3 is 0 Å². The Morgan fingerprint density at radius 2 is 1.33 bits per heavy atom. The van der Waals surface area contributed by atoms with E-state index in [9.17, 15) is 14.4 Å². The van der Waals surface area contributed by atoms with Crippen LogP contribution in [0, 0.1) is 6.92 Å². The van der Waals surface area contributed by atoms with E-state index in [1.165, 1.54) is 6.92 Å². The monoisotopic (exact) mass is 281 g/mol. The minimum Gasteiger partial charge on any atom is -0.319 e. The molecule has 0 aliphatic rings. The molecule has 106 valence electrons. The summed E-state index contributed by atoms with van der Waals surface area (Å²) in [5.74, 6) is -1.34. The van der Waals surface area contributed by atoms with E-state index >= 15 is 0 Å². The molecule has 0 fully saturated rings. The van der Waals surface area contributed by atoms with Crippen LogP contribution in [0.2, 0.25) is 0 Å². The maximum atomic E-state index is 12.0. The third-order valence-electron chi connectivity index (χ3n) is 3.07. The van der Waals surface area contributed by atoms with Crippen molar-refractivity contribution in [2.24, 2.45) is 0 Å². The van der Waals surface area contributed by atoms with Gasteiger partial charge in [-0.15, -0.1) is 0 Å². The summed E-state index contributed by atoms with van der Waals surface area (Å²) >= 11 is 0. The number of carbonyl (C=O) groups excluding carboxylic acids is 3. The lowest BCUT2D eigenvalue weighted by molar-refractivity contribution is -0.112. The Bertz CT molecular complexity index is 685. The van der Waals surface area contributed by atoms with E-state index in [1.807, 2.05) is 6.92 Å². The fourth-order valence-electron chi connectivity index (χ4n) is 1.81. The van der Waals surface area contributed by atoms with Crippen molar-refractivity contribution < 1.29 is 14.4 Å². The highest BCUT2D eigenvalue weighted by Gasteiger charge is 2.16. The summed E-state index contributed by atoms with van der Waals surface area (Å²) in [6.07, 6.45) is 0. The summed E-state index contributed by atoms with van der Waals surface area (Å²) in [6.45, 7) is 3.37. The number of nitrogens with one attached hydrogen (secondary N) is 1. The number of aryl methyl sites for hydroxylation is 1. The molecule has 4 nitrogen and oxygen atoms in total. The summed E-state index contributed by atoms with van der Waals surface area (Å²) in [5.41, 5.74) is 2.40. The smallest absolute Gasteiger partial charge is 0.296 e. The molecule has 0 radical (unpaired) electrons. The fourth-order valence-corrected chi connectivity index (χ4v) is 1.81. The molecule has 0 bridgehead atoms. The lowest BCUT2D eigenvalue weighted by Crippen LogP contribution is -2.22. The number of benzene rings is 2. The zero-order valence-electron chi connectivity index (χ0n) is 11.8. The second kappa shape index (κ2) is 6.13. The van der Waals surface area contributed by atoms with Gasteiger partial charge in [0.25, 0.3) is 11.7 Å². The molecule has 0 heterocycles. The van der Waals surface area contributed by atoms with Crippen LogP contribution in [0.25, 0.3) is 0 Å². The van der Waals surface area contributed by atoms with E-state index < -0.39 is 11.7 Å². The van der Waals surface area contributed by atoms with Gasteiger partial charge in [-0.3, -0.25) is 14.4 Å². The van der Waals surface area contributed by atoms with Crippen molar-refractivity contribution >= 4 is 23.2 Å². The number of amides is 1. The first-order valence-electron chi connectivity index (χ1n) is 6.51. The normalized spacial score (nSPS) is 10.0.